The average molecular weight is 406 g/mol. The lowest BCUT2D eigenvalue weighted by Gasteiger charge is -2.37. The van der Waals surface area contributed by atoms with Crippen LogP contribution in [0.2, 0.25) is 0 Å². The number of primary sulfonamides is 1. The largest absolute Gasteiger partial charge is 0.356 e. The van der Waals surface area contributed by atoms with Crippen LogP contribution in [-0.4, -0.2) is 34.7 Å². The summed E-state index contributed by atoms with van der Waals surface area (Å²) in [6.07, 6.45) is 5.74. The van der Waals surface area contributed by atoms with Gasteiger partial charge in [-0.25, -0.2) is 13.6 Å². The van der Waals surface area contributed by atoms with Crippen LogP contribution in [0.3, 0.4) is 0 Å². The Kier molecular flexibility index (Phi) is 4.79. The van der Waals surface area contributed by atoms with Crippen LogP contribution in [0.4, 0.5) is 11.4 Å². The van der Waals surface area contributed by atoms with Gasteiger partial charge >= 0.3 is 0 Å². The van der Waals surface area contributed by atoms with Gasteiger partial charge in [0.25, 0.3) is 5.69 Å². The number of hydrogen-bond donors (Lipinski definition) is 1. The normalized spacial score (nSPS) is 20.0. The molecule has 1 fully saturated rings. The van der Waals surface area contributed by atoms with Gasteiger partial charge in [-0.1, -0.05) is 0 Å². The molecule has 1 aromatic heterocycles. The Morgan fingerprint density at radius 1 is 1.14 bits per heavy atom. The number of piperidine rings is 1. The zero-order valence-electron chi connectivity index (χ0n) is 15.3. The Balaban J connectivity index is 1.78. The van der Waals surface area contributed by atoms with Gasteiger partial charge in [0.2, 0.25) is 10.0 Å². The third-order valence-corrected chi connectivity index (χ3v) is 6.38. The Morgan fingerprint density at radius 3 is 2.68 bits per heavy atom. The van der Waals surface area contributed by atoms with Gasteiger partial charge in [-0.15, -0.1) is 10.2 Å². The minimum Gasteiger partial charge on any atom is -0.356 e. The van der Waals surface area contributed by atoms with E-state index < -0.39 is 14.9 Å². The Labute approximate surface area is 162 Å². The highest BCUT2D eigenvalue weighted by molar-refractivity contribution is 7.89. The zero-order chi connectivity index (χ0) is 19.9. The van der Waals surface area contributed by atoms with Gasteiger partial charge in [0.15, 0.2) is 5.82 Å². The van der Waals surface area contributed by atoms with E-state index in [1.807, 2.05) is 4.90 Å². The molecule has 150 valence electrons. The van der Waals surface area contributed by atoms with Crippen LogP contribution in [0.25, 0.3) is 0 Å². The molecule has 2 aliphatic rings. The molecule has 0 amide bonds. The third-order valence-electron chi connectivity index (χ3n) is 5.47. The standard InChI is InChI=1S/C17H22N6O4S/c18-28(26,27)12-7-8-13(15(11-12)23(24)25)21-9-3-1-5-14(21)17-20-19-16-6-2-4-10-22(16)17/h7-8,11,14H,1-6,9-10H2,(H2,18,26,27). The van der Waals surface area contributed by atoms with Crippen molar-refractivity contribution < 1.29 is 13.3 Å². The van der Waals surface area contributed by atoms with E-state index in [1.165, 1.54) is 12.1 Å². The van der Waals surface area contributed by atoms with Crippen molar-refractivity contribution in [2.75, 3.05) is 11.4 Å². The summed E-state index contributed by atoms with van der Waals surface area (Å²) in [5, 5.41) is 25.6. The van der Waals surface area contributed by atoms with Crippen molar-refractivity contribution in [3.63, 3.8) is 0 Å². The van der Waals surface area contributed by atoms with Crippen LogP contribution < -0.4 is 10.0 Å². The number of aromatic nitrogens is 3. The molecule has 11 heteroatoms. The SMILES string of the molecule is NS(=O)(=O)c1ccc(N2CCCCC2c2nnc3n2CCCC3)c([N+](=O)[O-])c1. The third kappa shape index (κ3) is 3.35. The second-order valence-electron chi connectivity index (χ2n) is 7.24. The monoisotopic (exact) mass is 406 g/mol. The van der Waals surface area contributed by atoms with Crippen molar-refractivity contribution in [2.45, 2.75) is 56.0 Å². The van der Waals surface area contributed by atoms with Crippen molar-refractivity contribution in [3.8, 4) is 0 Å². The van der Waals surface area contributed by atoms with E-state index in [0.717, 1.165) is 62.8 Å². The predicted octanol–water partition coefficient (Wildman–Crippen LogP) is 1.90. The summed E-state index contributed by atoms with van der Waals surface area (Å²) < 4.78 is 25.4. The highest BCUT2D eigenvalue weighted by Crippen LogP contribution is 2.40. The van der Waals surface area contributed by atoms with Gasteiger partial charge in [-0.05, 0) is 44.2 Å². The summed E-state index contributed by atoms with van der Waals surface area (Å²) in [4.78, 5) is 12.8. The average Bonchev–Trinajstić information content (AvgIpc) is 3.11. The van der Waals surface area contributed by atoms with Crippen LogP contribution >= 0.6 is 0 Å². The fourth-order valence-corrected chi connectivity index (χ4v) is 4.67. The zero-order valence-corrected chi connectivity index (χ0v) is 16.1. The van der Waals surface area contributed by atoms with Crippen molar-refractivity contribution >= 4 is 21.4 Å². The molecule has 2 aromatic rings. The van der Waals surface area contributed by atoms with Crippen molar-refractivity contribution in [2.24, 2.45) is 5.14 Å². The first-order chi connectivity index (χ1) is 13.4. The molecule has 1 aromatic carbocycles. The molecule has 2 N–H and O–H groups in total. The molecular weight excluding hydrogens is 384 g/mol. The van der Waals surface area contributed by atoms with Gasteiger partial charge in [0, 0.05) is 25.6 Å². The number of nitro groups is 1. The topological polar surface area (TPSA) is 137 Å². The molecule has 4 rings (SSSR count). The molecule has 1 saturated heterocycles. The summed E-state index contributed by atoms with van der Waals surface area (Å²) >= 11 is 0. The van der Waals surface area contributed by atoms with Crippen molar-refractivity contribution in [1.82, 2.24) is 14.8 Å². The van der Waals surface area contributed by atoms with Gasteiger partial charge in [0.1, 0.15) is 11.5 Å². The number of sulfonamides is 1. The summed E-state index contributed by atoms with van der Waals surface area (Å²) in [6.45, 7) is 1.48. The summed E-state index contributed by atoms with van der Waals surface area (Å²) in [5.41, 5.74) is 0.118. The highest BCUT2D eigenvalue weighted by atomic mass is 32.2. The maximum Gasteiger partial charge on any atom is 0.293 e. The van der Waals surface area contributed by atoms with Crippen LogP contribution in [0.15, 0.2) is 23.1 Å². The van der Waals surface area contributed by atoms with E-state index in [-0.39, 0.29) is 16.6 Å². The number of anilines is 1. The number of aryl methyl sites for hydroxylation is 1. The molecule has 0 spiro atoms. The molecule has 1 atom stereocenters. The minimum atomic E-state index is -4.02. The lowest BCUT2D eigenvalue weighted by atomic mass is 9.99. The molecule has 0 bridgehead atoms. The number of nitro benzene ring substituents is 1. The van der Waals surface area contributed by atoms with Crippen molar-refractivity contribution in [1.29, 1.82) is 0 Å². The van der Waals surface area contributed by atoms with Gasteiger partial charge in [0.05, 0.1) is 15.9 Å². The van der Waals surface area contributed by atoms with E-state index in [1.54, 1.807) is 0 Å². The first-order valence-electron chi connectivity index (χ1n) is 9.36. The molecule has 28 heavy (non-hydrogen) atoms. The van der Waals surface area contributed by atoms with Crippen molar-refractivity contribution in [3.05, 3.63) is 40.0 Å². The van der Waals surface area contributed by atoms with E-state index in [4.69, 9.17) is 5.14 Å². The number of nitrogens with two attached hydrogens (primary N) is 1. The second kappa shape index (κ2) is 7.13. The number of benzene rings is 1. The maximum absolute atomic E-state index is 11.7. The van der Waals surface area contributed by atoms with Crippen LogP contribution in [0.1, 0.15) is 49.8 Å². The molecule has 10 nitrogen and oxygen atoms in total. The first-order valence-corrected chi connectivity index (χ1v) is 10.9. The molecule has 0 aliphatic carbocycles. The predicted molar refractivity (Wildman–Crippen MR) is 101 cm³/mol. The summed E-state index contributed by atoms with van der Waals surface area (Å²) in [7, 11) is -4.02. The highest BCUT2D eigenvalue weighted by Gasteiger charge is 2.34. The van der Waals surface area contributed by atoms with E-state index in [2.05, 4.69) is 14.8 Å². The van der Waals surface area contributed by atoms with Gasteiger partial charge in [-0.3, -0.25) is 10.1 Å². The molecular formula is C17H22N6O4S. The van der Waals surface area contributed by atoms with E-state index in [9.17, 15) is 18.5 Å². The van der Waals surface area contributed by atoms with Gasteiger partial charge < -0.3 is 9.47 Å². The van der Waals surface area contributed by atoms with E-state index in [0.29, 0.717) is 12.2 Å². The lowest BCUT2D eigenvalue weighted by molar-refractivity contribution is -0.384. The smallest absolute Gasteiger partial charge is 0.293 e. The Hall–Kier alpha value is -2.53. The lowest BCUT2D eigenvalue weighted by Crippen LogP contribution is -2.36. The summed E-state index contributed by atoms with van der Waals surface area (Å²) in [6, 6.07) is 3.70. The minimum absolute atomic E-state index is 0.132. The van der Waals surface area contributed by atoms with Crippen LogP contribution in [0.5, 0.6) is 0 Å². The Bertz CT molecular complexity index is 1020. The van der Waals surface area contributed by atoms with Crippen LogP contribution in [-0.2, 0) is 23.0 Å². The molecule has 0 radical (unpaired) electrons. The van der Waals surface area contributed by atoms with E-state index >= 15 is 0 Å². The molecule has 1 unspecified atom stereocenters. The fraction of sp³-hybridized carbons (Fsp3) is 0.529. The molecule has 2 aliphatic heterocycles. The first kappa shape index (κ1) is 18.8. The maximum atomic E-state index is 11.7. The second-order valence-corrected chi connectivity index (χ2v) is 8.80. The quantitative estimate of drug-likeness (QED) is 0.604. The van der Waals surface area contributed by atoms with Gasteiger partial charge in [-0.2, -0.15) is 0 Å². The van der Waals surface area contributed by atoms with Crippen LogP contribution in [0, 0.1) is 10.1 Å². The molecule has 3 heterocycles. The number of hydrogen-bond acceptors (Lipinski definition) is 7. The Morgan fingerprint density at radius 2 is 1.93 bits per heavy atom. The molecule has 0 saturated carbocycles. The number of nitrogens with zero attached hydrogens (tertiary/aromatic N) is 5. The fourth-order valence-electron chi connectivity index (χ4n) is 4.13. The summed E-state index contributed by atoms with van der Waals surface area (Å²) in [5.74, 6) is 1.80. The number of rotatable bonds is 4. The number of fused-ring (bicyclic) bond motifs is 1.